The molecule has 1 aliphatic heterocycles. The second-order valence-electron chi connectivity index (χ2n) is 11.5. The number of allylic oxidation sites excluding steroid dienone is 2. The van der Waals surface area contributed by atoms with Crippen LogP contribution in [0.4, 0.5) is 0 Å². The van der Waals surface area contributed by atoms with Crippen LogP contribution >= 0.6 is 0 Å². The smallest absolute Gasteiger partial charge is 0.309 e. The van der Waals surface area contributed by atoms with Crippen molar-refractivity contribution in [2.24, 2.45) is 34.5 Å². The quantitative estimate of drug-likeness (QED) is 0.596. The average Bonchev–Trinajstić information content (AvgIpc) is 2.90. The number of hydrogen-bond acceptors (Lipinski definition) is 4. The number of carbonyl (C=O) groups excluding carboxylic acids is 1. The van der Waals surface area contributed by atoms with Gasteiger partial charge in [-0.05, 0) is 93.5 Å². The Labute approximate surface area is 187 Å². The maximum atomic E-state index is 11.7. The molecule has 0 amide bonds. The first-order valence-corrected chi connectivity index (χ1v) is 12.7. The van der Waals surface area contributed by atoms with Crippen molar-refractivity contribution in [2.45, 2.75) is 96.7 Å². The number of rotatable bonds is 4. The molecule has 4 saturated carbocycles. The van der Waals surface area contributed by atoms with Gasteiger partial charge in [-0.3, -0.25) is 4.79 Å². The highest BCUT2D eigenvalue weighted by Gasteiger charge is 2.70. The Morgan fingerprint density at radius 3 is 2.81 bits per heavy atom. The summed E-state index contributed by atoms with van der Waals surface area (Å²) in [7, 11) is 0. The summed E-state index contributed by atoms with van der Waals surface area (Å²) in [6.07, 6.45) is 16.9. The normalized spacial score (nSPS) is 48.3. The second-order valence-corrected chi connectivity index (χ2v) is 11.5. The number of esters is 1. The summed E-state index contributed by atoms with van der Waals surface area (Å²) in [5, 5.41) is 10.3. The summed E-state index contributed by atoms with van der Waals surface area (Å²) in [5.41, 5.74) is 1.79. The molecule has 0 aromatic rings. The first-order valence-electron chi connectivity index (χ1n) is 12.7. The molecule has 0 radical (unpaired) electrons. The van der Waals surface area contributed by atoms with E-state index < -0.39 is 0 Å². The number of aliphatic hydroxyl groups excluding tert-OH is 1. The number of ether oxygens (including phenoxy) is 2. The van der Waals surface area contributed by atoms with Crippen molar-refractivity contribution in [3.63, 3.8) is 0 Å². The molecule has 2 bridgehead atoms. The molecule has 172 valence electrons. The molecule has 1 N–H and O–H groups in total. The third-order valence-corrected chi connectivity index (χ3v) is 10.5. The SMILES string of the molecule is CCOC(=O)C/C=C/C1=CO[C@]23CCC1[C@@]2(C)CC[C@H]1[C@H]3CC[C@@H]2C[C@@H](O)CC[C@@]21C. The standard InChI is InChI=1S/C27H40O4/c1-4-30-24(29)7-5-6-18-17-31-27-15-12-21(18)26(27,3)14-11-22-23(27)9-8-19-16-20(28)10-13-25(19,22)2/h5-6,17,19-23,28H,4,7-16H2,1-3H3/b6-5+/t19-,20+,21?,22+,23-,25+,26-,27+/m1/s1. The van der Waals surface area contributed by atoms with Gasteiger partial charge in [-0.2, -0.15) is 0 Å². The molecule has 8 atom stereocenters. The molecule has 0 aromatic carbocycles. The molecule has 0 saturated heterocycles. The van der Waals surface area contributed by atoms with Crippen LogP contribution in [0.5, 0.6) is 0 Å². The summed E-state index contributed by atoms with van der Waals surface area (Å²) < 4.78 is 11.9. The zero-order valence-electron chi connectivity index (χ0n) is 19.6. The molecule has 1 heterocycles. The van der Waals surface area contributed by atoms with Gasteiger partial charge >= 0.3 is 5.97 Å². The molecular weight excluding hydrogens is 388 g/mol. The van der Waals surface area contributed by atoms with Crippen LogP contribution in [0.15, 0.2) is 24.0 Å². The van der Waals surface area contributed by atoms with Gasteiger partial charge in [-0.15, -0.1) is 0 Å². The van der Waals surface area contributed by atoms with E-state index in [9.17, 15) is 9.90 Å². The zero-order chi connectivity index (χ0) is 21.9. The van der Waals surface area contributed by atoms with E-state index in [0.29, 0.717) is 36.2 Å². The highest BCUT2D eigenvalue weighted by Crippen LogP contribution is 2.72. The van der Waals surface area contributed by atoms with Crippen LogP contribution in [0.3, 0.4) is 0 Å². The molecule has 31 heavy (non-hydrogen) atoms. The Hall–Kier alpha value is -1.29. The summed E-state index contributed by atoms with van der Waals surface area (Å²) in [5.74, 6) is 2.40. The van der Waals surface area contributed by atoms with E-state index in [2.05, 4.69) is 19.9 Å². The van der Waals surface area contributed by atoms with Crippen LogP contribution in [-0.4, -0.2) is 29.4 Å². The minimum atomic E-state index is -0.161. The van der Waals surface area contributed by atoms with Crippen LogP contribution in [0.2, 0.25) is 0 Å². The third-order valence-electron chi connectivity index (χ3n) is 10.5. The van der Waals surface area contributed by atoms with E-state index in [1.807, 2.05) is 19.3 Å². The van der Waals surface area contributed by atoms with Gasteiger partial charge in [0.2, 0.25) is 0 Å². The lowest BCUT2D eigenvalue weighted by atomic mass is 9.43. The van der Waals surface area contributed by atoms with Crippen molar-refractivity contribution in [3.05, 3.63) is 24.0 Å². The number of fused-ring (bicyclic) bond motifs is 3. The van der Waals surface area contributed by atoms with Crippen LogP contribution in [0.1, 0.15) is 85.0 Å². The van der Waals surface area contributed by atoms with Gasteiger partial charge < -0.3 is 14.6 Å². The summed E-state index contributed by atoms with van der Waals surface area (Å²) >= 11 is 0. The Kier molecular flexibility index (Phi) is 5.31. The van der Waals surface area contributed by atoms with Gasteiger partial charge in [0.05, 0.1) is 25.4 Å². The van der Waals surface area contributed by atoms with Gasteiger partial charge in [0.25, 0.3) is 0 Å². The fourth-order valence-electron chi connectivity index (χ4n) is 8.91. The van der Waals surface area contributed by atoms with Crippen molar-refractivity contribution < 1.29 is 19.4 Å². The van der Waals surface area contributed by atoms with Gasteiger partial charge in [0.15, 0.2) is 0 Å². The predicted molar refractivity (Wildman–Crippen MR) is 120 cm³/mol. The van der Waals surface area contributed by atoms with E-state index in [1.54, 1.807) is 0 Å². The largest absolute Gasteiger partial charge is 0.494 e. The first kappa shape index (κ1) is 21.6. The lowest BCUT2D eigenvalue weighted by molar-refractivity contribution is -0.217. The van der Waals surface area contributed by atoms with Crippen LogP contribution in [-0.2, 0) is 14.3 Å². The fraction of sp³-hybridized carbons (Fsp3) is 0.815. The lowest BCUT2D eigenvalue weighted by Gasteiger charge is -2.65. The second kappa shape index (κ2) is 7.64. The average molecular weight is 429 g/mol. The van der Waals surface area contributed by atoms with Gasteiger partial charge in [-0.25, -0.2) is 0 Å². The molecule has 0 aromatic heterocycles. The Balaban J connectivity index is 1.39. The van der Waals surface area contributed by atoms with E-state index in [4.69, 9.17) is 9.47 Å². The van der Waals surface area contributed by atoms with Crippen LogP contribution in [0.25, 0.3) is 0 Å². The predicted octanol–water partition coefficient (Wildman–Crippen LogP) is 5.55. The van der Waals surface area contributed by atoms with Gasteiger partial charge in [-0.1, -0.05) is 26.0 Å². The number of aliphatic hydroxyl groups is 1. The van der Waals surface area contributed by atoms with Crippen molar-refractivity contribution in [3.8, 4) is 0 Å². The molecule has 0 spiro atoms. The summed E-state index contributed by atoms with van der Waals surface area (Å²) in [6.45, 7) is 7.31. The maximum absolute atomic E-state index is 11.7. The monoisotopic (exact) mass is 428 g/mol. The topological polar surface area (TPSA) is 55.8 Å². The van der Waals surface area contributed by atoms with Gasteiger partial charge in [0.1, 0.15) is 5.60 Å². The van der Waals surface area contributed by atoms with E-state index in [0.717, 1.165) is 25.2 Å². The Bertz CT molecular complexity index is 786. The Morgan fingerprint density at radius 2 is 2.00 bits per heavy atom. The van der Waals surface area contributed by atoms with Crippen molar-refractivity contribution in [1.82, 2.24) is 0 Å². The van der Waals surface area contributed by atoms with E-state index in [-0.39, 0.29) is 23.1 Å². The number of carbonyl (C=O) groups is 1. The molecule has 4 aliphatic carbocycles. The number of hydrogen-bond donors (Lipinski definition) is 1. The molecule has 5 rings (SSSR count). The molecule has 5 aliphatic rings. The van der Waals surface area contributed by atoms with Crippen LogP contribution < -0.4 is 0 Å². The molecule has 4 nitrogen and oxygen atoms in total. The highest BCUT2D eigenvalue weighted by atomic mass is 16.5. The molecule has 4 fully saturated rings. The fourth-order valence-corrected chi connectivity index (χ4v) is 8.91. The van der Waals surface area contributed by atoms with Gasteiger partial charge in [0, 0.05) is 11.3 Å². The highest BCUT2D eigenvalue weighted by molar-refractivity contribution is 5.71. The molecular formula is C27H40O4. The first-order chi connectivity index (χ1) is 14.8. The van der Waals surface area contributed by atoms with Crippen molar-refractivity contribution in [1.29, 1.82) is 0 Å². The molecule has 4 heteroatoms. The summed E-state index contributed by atoms with van der Waals surface area (Å²) in [6, 6.07) is 0. The minimum Gasteiger partial charge on any atom is -0.494 e. The zero-order valence-corrected chi connectivity index (χ0v) is 19.6. The Morgan fingerprint density at radius 1 is 1.16 bits per heavy atom. The maximum Gasteiger partial charge on any atom is 0.309 e. The van der Waals surface area contributed by atoms with Crippen molar-refractivity contribution >= 4 is 5.97 Å². The van der Waals surface area contributed by atoms with E-state index >= 15 is 0 Å². The minimum absolute atomic E-state index is 0.0247. The lowest BCUT2D eigenvalue weighted by Crippen LogP contribution is -2.63. The third kappa shape index (κ3) is 3.07. The molecule has 1 unspecified atom stereocenters. The van der Waals surface area contributed by atoms with Crippen molar-refractivity contribution in [2.75, 3.05) is 6.61 Å². The van der Waals surface area contributed by atoms with Crippen LogP contribution in [0, 0.1) is 34.5 Å². The van der Waals surface area contributed by atoms with E-state index in [1.165, 1.54) is 44.1 Å². The summed E-state index contributed by atoms with van der Waals surface area (Å²) in [4.78, 5) is 11.7.